The van der Waals surface area contributed by atoms with Crippen molar-refractivity contribution in [3.8, 4) is 0 Å². The van der Waals surface area contributed by atoms with Crippen LogP contribution in [0.15, 0.2) is 54.6 Å². The van der Waals surface area contributed by atoms with E-state index in [-0.39, 0.29) is 12.8 Å². The Hall–Kier alpha value is -2.87. The highest BCUT2D eigenvalue weighted by Crippen LogP contribution is 2.12. The minimum absolute atomic E-state index is 0.155. The number of benzene rings is 2. The lowest BCUT2D eigenvalue weighted by molar-refractivity contribution is -0.192. The van der Waals surface area contributed by atoms with Gasteiger partial charge in [-0.3, -0.25) is 4.79 Å². The van der Waals surface area contributed by atoms with Crippen molar-refractivity contribution in [2.24, 2.45) is 0 Å². The van der Waals surface area contributed by atoms with Gasteiger partial charge < -0.3 is 10.4 Å². The molecule has 0 radical (unpaired) electrons. The van der Waals surface area contributed by atoms with E-state index >= 15 is 0 Å². The van der Waals surface area contributed by atoms with Gasteiger partial charge in [0.25, 0.3) is 0 Å². The van der Waals surface area contributed by atoms with Crippen molar-refractivity contribution in [2.45, 2.75) is 24.9 Å². The maximum absolute atomic E-state index is 13.1. The molecule has 0 heterocycles. The Bertz CT molecular complexity index is 739. The number of amides is 1. The van der Waals surface area contributed by atoms with E-state index in [4.69, 9.17) is 0 Å². The molecule has 2 aromatic rings. The molecule has 138 valence electrons. The van der Waals surface area contributed by atoms with Crippen LogP contribution in [0, 0.1) is 5.82 Å². The average molecular weight is 366 g/mol. The van der Waals surface area contributed by atoms with Crippen LogP contribution in [-0.4, -0.2) is 34.4 Å². The lowest BCUT2D eigenvalue weighted by Crippen LogP contribution is -2.49. The molecule has 0 saturated carbocycles. The highest BCUT2D eigenvalue weighted by Gasteiger charge is 2.31. The molecule has 0 aliphatic rings. The number of halogens is 3. The Balaban J connectivity index is 2.08. The second-order valence-corrected chi connectivity index (χ2v) is 5.69. The molecule has 2 rings (SSSR count). The summed E-state index contributed by atoms with van der Waals surface area (Å²) < 4.78 is 39.2. The van der Waals surface area contributed by atoms with Crippen molar-refractivity contribution in [2.75, 3.05) is 0 Å². The van der Waals surface area contributed by atoms with Crippen LogP contribution in [0.1, 0.15) is 11.1 Å². The van der Waals surface area contributed by atoms with Gasteiger partial charge in [0.2, 0.25) is 5.91 Å². The van der Waals surface area contributed by atoms with Crippen LogP contribution in [0.25, 0.3) is 0 Å². The number of nitrogens with zero attached hydrogens (tertiary/aromatic N) is 1. The van der Waals surface area contributed by atoms with Crippen molar-refractivity contribution in [1.82, 2.24) is 10.7 Å². The zero-order valence-electron chi connectivity index (χ0n) is 13.6. The molecule has 1 amide bonds. The van der Waals surface area contributed by atoms with E-state index in [2.05, 4.69) is 5.32 Å². The van der Waals surface area contributed by atoms with E-state index in [0.717, 1.165) is 12.1 Å². The van der Waals surface area contributed by atoms with Gasteiger partial charge in [0.15, 0.2) is 6.04 Å². The fourth-order valence-electron chi connectivity index (χ4n) is 2.41. The first-order valence-corrected chi connectivity index (χ1v) is 7.79. The van der Waals surface area contributed by atoms with E-state index < -0.39 is 35.1 Å². The SMILES string of the molecule is O=C(O)[C@H](Cc1ccc(F)cc1)NC(=O)[C@H](Cc1ccccc1)N(F)F. The third kappa shape index (κ3) is 5.59. The number of hydrogen-bond acceptors (Lipinski definition) is 3. The summed E-state index contributed by atoms with van der Waals surface area (Å²) >= 11 is 0. The molecule has 0 bridgehead atoms. The van der Waals surface area contributed by atoms with Gasteiger partial charge in [-0.2, -0.15) is 0 Å². The molecule has 0 aromatic heterocycles. The minimum Gasteiger partial charge on any atom is -0.480 e. The van der Waals surface area contributed by atoms with Crippen LogP contribution in [-0.2, 0) is 22.4 Å². The van der Waals surface area contributed by atoms with E-state index in [1.54, 1.807) is 30.3 Å². The van der Waals surface area contributed by atoms with Gasteiger partial charge in [0.1, 0.15) is 11.9 Å². The van der Waals surface area contributed by atoms with Gasteiger partial charge in [0, 0.05) is 18.2 Å². The summed E-state index contributed by atoms with van der Waals surface area (Å²) in [5.41, 5.74) is 0.967. The summed E-state index contributed by atoms with van der Waals surface area (Å²) in [5, 5.41) is 10.1. The number of hydrogen-bond donors (Lipinski definition) is 2. The molecule has 26 heavy (non-hydrogen) atoms. The average Bonchev–Trinajstić information content (AvgIpc) is 2.61. The second kappa shape index (κ2) is 9.00. The molecular formula is C18H17F3N2O3. The Morgan fingerprint density at radius 3 is 2.08 bits per heavy atom. The molecular weight excluding hydrogens is 349 g/mol. The van der Waals surface area contributed by atoms with Crippen molar-refractivity contribution in [1.29, 1.82) is 0 Å². The zero-order valence-corrected chi connectivity index (χ0v) is 13.6. The number of carboxylic acids is 1. The number of rotatable bonds is 8. The smallest absolute Gasteiger partial charge is 0.326 e. The van der Waals surface area contributed by atoms with Crippen molar-refractivity contribution < 1.29 is 28.0 Å². The van der Waals surface area contributed by atoms with E-state index in [0.29, 0.717) is 11.1 Å². The first-order chi connectivity index (χ1) is 12.4. The van der Waals surface area contributed by atoms with E-state index in [1.807, 2.05) is 0 Å². The van der Waals surface area contributed by atoms with Gasteiger partial charge >= 0.3 is 5.97 Å². The standard InChI is InChI=1S/C18H17F3N2O3/c19-14-8-6-13(7-9-14)10-15(18(25)26)22-17(24)16(23(20)21)11-12-4-2-1-3-5-12/h1-9,15-16H,10-11H2,(H,22,24)(H,25,26)/t15-,16-/m0/s1. The Morgan fingerprint density at radius 1 is 0.962 bits per heavy atom. The number of carbonyl (C=O) groups excluding carboxylic acids is 1. The largest absolute Gasteiger partial charge is 0.480 e. The monoisotopic (exact) mass is 366 g/mol. The van der Waals surface area contributed by atoms with Crippen LogP contribution in [0.5, 0.6) is 0 Å². The fraction of sp³-hybridized carbons (Fsp3) is 0.222. The van der Waals surface area contributed by atoms with Gasteiger partial charge in [-0.1, -0.05) is 42.5 Å². The summed E-state index contributed by atoms with van der Waals surface area (Å²) in [5.74, 6) is -2.96. The first kappa shape index (κ1) is 19.5. The summed E-state index contributed by atoms with van der Waals surface area (Å²) in [4.78, 5) is 23.6. The van der Waals surface area contributed by atoms with Crippen molar-refractivity contribution >= 4 is 11.9 Å². The number of aliphatic carboxylic acids is 1. The highest BCUT2D eigenvalue weighted by atomic mass is 19.4. The molecule has 0 unspecified atom stereocenters. The maximum atomic E-state index is 13.1. The van der Waals surface area contributed by atoms with Gasteiger partial charge in [-0.05, 0) is 23.3 Å². The van der Waals surface area contributed by atoms with Crippen LogP contribution < -0.4 is 5.32 Å². The highest BCUT2D eigenvalue weighted by molar-refractivity contribution is 5.87. The third-order valence-electron chi connectivity index (χ3n) is 3.78. The summed E-state index contributed by atoms with van der Waals surface area (Å²) in [6, 6.07) is 10.0. The molecule has 5 nitrogen and oxygen atoms in total. The first-order valence-electron chi connectivity index (χ1n) is 7.79. The summed E-state index contributed by atoms with van der Waals surface area (Å²) in [6.07, 6.45) is -0.430. The molecule has 2 atom stereocenters. The van der Waals surface area contributed by atoms with E-state index in [1.165, 1.54) is 12.1 Å². The predicted molar refractivity (Wildman–Crippen MR) is 87.7 cm³/mol. The normalized spacial score (nSPS) is 13.2. The van der Waals surface area contributed by atoms with Crippen molar-refractivity contribution in [3.63, 3.8) is 0 Å². The van der Waals surface area contributed by atoms with Crippen LogP contribution in [0.3, 0.4) is 0 Å². The molecule has 2 N–H and O–H groups in total. The quantitative estimate of drug-likeness (QED) is 0.705. The summed E-state index contributed by atoms with van der Waals surface area (Å²) in [6.45, 7) is 0. The Kier molecular flexibility index (Phi) is 6.74. The topological polar surface area (TPSA) is 69.6 Å². The minimum atomic E-state index is -1.83. The second-order valence-electron chi connectivity index (χ2n) is 5.69. The molecule has 0 fully saturated rings. The zero-order chi connectivity index (χ0) is 19.1. The summed E-state index contributed by atoms with van der Waals surface area (Å²) in [7, 11) is 0. The Labute approximate surface area is 147 Å². The lowest BCUT2D eigenvalue weighted by Gasteiger charge is -2.20. The molecule has 0 aliphatic carbocycles. The van der Waals surface area contributed by atoms with Gasteiger partial charge in [-0.25, -0.2) is 9.18 Å². The molecule has 2 aromatic carbocycles. The molecule has 0 spiro atoms. The van der Waals surface area contributed by atoms with Gasteiger partial charge in [-0.15, -0.1) is 8.96 Å². The van der Waals surface area contributed by atoms with Gasteiger partial charge in [0.05, 0.1) is 0 Å². The number of carbonyl (C=O) groups is 2. The number of nitrogens with one attached hydrogen (secondary N) is 1. The van der Waals surface area contributed by atoms with Crippen LogP contribution >= 0.6 is 0 Å². The van der Waals surface area contributed by atoms with Crippen LogP contribution in [0.2, 0.25) is 0 Å². The fourth-order valence-corrected chi connectivity index (χ4v) is 2.41. The molecule has 8 heteroatoms. The Morgan fingerprint density at radius 2 is 1.54 bits per heavy atom. The maximum Gasteiger partial charge on any atom is 0.326 e. The van der Waals surface area contributed by atoms with Crippen LogP contribution in [0.4, 0.5) is 13.4 Å². The molecule has 0 saturated heterocycles. The van der Waals surface area contributed by atoms with Crippen molar-refractivity contribution in [3.05, 3.63) is 71.5 Å². The number of carboxylic acid groups (broad SMARTS) is 1. The lowest BCUT2D eigenvalue weighted by atomic mass is 10.0. The van der Waals surface area contributed by atoms with E-state index in [9.17, 15) is 28.0 Å². The molecule has 0 aliphatic heterocycles. The third-order valence-corrected chi connectivity index (χ3v) is 3.78. The predicted octanol–water partition coefficient (Wildman–Crippen LogP) is 2.62.